The van der Waals surface area contributed by atoms with Crippen molar-refractivity contribution in [1.82, 2.24) is 9.97 Å². The summed E-state index contributed by atoms with van der Waals surface area (Å²) < 4.78 is 28.9. The van der Waals surface area contributed by atoms with E-state index in [1.165, 1.54) is 36.7 Å². The number of hydrogen-bond acceptors (Lipinski definition) is 4. The number of carbonyl (C=O) groups is 1. The minimum atomic E-state index is -2.94. The van der Waals surface area contributed by atoms with E-state index in [1.807, 2.05) is 0 Å². The van der Waals surface area contributed by atoms with Gasteiger partial charge in [-0.3, -0.25) is 4.79 Å². The van der Waals surface area contributed by atoms with Crippen molar-refractivity contribution in [3.05, 3.63) is 46.8 Å². The highest BCUT2D eigenvalue weighted by Crippen LogP contribution is 2.17. The van der Waals surface area contributed by atoms with Crippen molar-refractivity contribution in [3.8, 4) is 5.75 Å². The smallest absolute Gasteiger partial charge is 0.387 e. The molecule has 0 atom stereocenters. The predicted molar refractivity (Wildman–Crippen MR) is 70.8 cm³/mol. The average Bonchev–Trinajstić information content (AvgIpc) is 2.41. The van der Waals surface area contributed by atoms with Crippen LogP contribution >= 0.6 is 15.9 Å². The molecule has 1 amide bonds. The normalized spacial score (nSPS) is 10.4. The van der Waals surface area contributed by atoms with Crippen molar-refractivity contribution in [3.63, 3.8) is 0 Å². The van der Waals surface area contributed by atoms with E-state index in [2.05, 4.69) is 36.0 Å². The van der Waals surface area contributed by atoms with Gasteiger partial charge in [-0.25, -0.2) is 9.97 Å². The molecule has 1 aromatic carbocycles. The van der Waals surface area contributed by atoms with Gasteiger partial charge in [-0.2, -0.15) is 8.78 Å². The molecule has 0 bridgehead atoms. The van der Waals surface area contributed by atoms with Crippen molar-refractivity contribution >= 4 is 27.7 Å². The first kappa shape index (κ1) is 14.3. The van der Waals surface area contributed by atoms with Gasteiger partial charge >= 0.3 is 6.61 Å². The zero-order chi connectivity index (χ0) is 14.5. The third-order valence-corrected chi connectivity index (χ3v) is 2.59. The Kier molecular flexibility index (Phi) is 4.57. The van der Waals surface area contributed by atoms with Crippen molar-refractivity contribution in [2.75, 3.05) is 5.32 Å². The molecule has 0 aliphatic carbocycles. The monoisotopic (exact) mass is 343 g/mol. The van der Waals surface area contributed by atoms with Crippen LogP contribution in [0.2, 0.25) is 0 Å². The first-order chi connectivity index (χ1) is 9.54. The fourth-order valence-electron chi connectivity index (χ4n) is 1.38. The molecule has 104 valence electrons. The minimum absolute atomic E-state index is 0.0884. The third kappa shape index (κ3) is 3.95. The van der Waals surface area contributed by atoms with Gasteiger partial charge in [0.15, 0.2) is 5.82 Å². The maximum absolute atomic E-state index is 12.1. The quantitative estimate of drug-likeness (QED) is 0.926. The van der Waals surface area contributed by atoms with Crippen molar-refractivity contribution in [1.29, 1.82) is 0 Å². The van der Waals surface area contributed by atoms with E-state index >= 15 is 0 Å². The summed E-state index contributed by atoms with van der Waals surface area (Å²) in [5.74, 6) is -0.339. The van der Waals surface area contributed by atoms with Crippen LogP contribution in [0.1, 0.15) is 10.4 Å². The number of nitrogens with one attached hydrogen (secondary N) is 1. The number of anilines is 1. The van der Waals surface area contributed by atoms with Crippen molar-refractivity contribution in [2.45, 2.75) is 6.61 Å². The first-order valence-corrected chi connectivity index (χ1v) is 6.17. The minimum Gasteiger partial charge on any atom is -0.435 e. The van der Waals surface area contributed by atoms with Crippen LogP contribution < -0.4 is 10.1 Å². The van der Waals surface area contributed by atoms with E-state index in [-0.39, 0.29) is 17.1 Å². The van der Waals surface area contributed by atoms with Crippen molar-refractivity contribution < 1.29 is 18.3 Å². The number of benzene rings is 1. The number of halogens is 3. The lowest BCUT2D eigenvalue weighted by Gasteiger charge is -2.07. The number of nitrogens with zero attached hydrogens (tertiary/aromatic N) is 2. The van der Waals surface area contributed by atoms with Gasteiger partial charge in [0.1, 0.15) is 10.4 Å². The van der Waals surface area contributed by atoms with Crippen LogP contribution in [0.4, 0.5) is 14.6 Å². The molecule has 0 spiro atoms. The number of alkyl halides is 2. The highest BCUT2D eigenvalue weighted by molar-refractivity contribution is 9.10. The highest BCUT2D eigenvalue weighted by atomic mass is 79.9. The van der Waals surface area contributed by atoms with Crippen LogP contribution in [0.5, 0.6) is 5.75 Å². The van der Waals surface area contributed by atoms with Gasteiger partial charge in [0.25, 0.3) is 5.91 Å². The lowest BCUT2D eigenvalue weighted by Crippen LogP contribution is -2.13. The van der Waals surface area contributed by atoms with E-state index in [0.717, 1.165) is 0 Å². The summed E-state index contributed by atoms with van der Waals surface area (Å²) in [4.78, 5) is 19.7. The van der Waals surface area contributed by atoms with Crippen LogP contribution in [-0.4, -0.2) is 22.5 Å². The highest BCUT2D eigenvalue weighted by Gasteiger charge is 2.10. The number of ether oxygens (including phenoxy) is 1. The number of rotatable bonds is 4. The molecule has 0 saturated carbocycles. The average molecular weight is 344 g/mol. The van der Waals surface area contributed by atoms with E-state index < -0.39 is 12.5 Å². The largest absolute Gasteiger partial charge is 0.435 e. The summed E-state index contributed by atoms with van der Waals surface area (Å²) in [6.07, 6.45) is 2.79. The zero-order valence-electron chi connectivity index (χ0n) is 9.89. The summed E-state index contributed by atoms with van der Waals surface area (Å²) in [5.41, 5.74) is 0.174. The standard InChI is InChI=1S/C12H8BrF2N3O2/c13-9-5-17-10(6-16-9)18-11(19)7-2-1-3-8(4-7)20-12(14)15/h1-6,12H,(H,17,18,19). The molecule has 1 heterocycles. The summed E-state index contributed by atoms with van der Waals surface area (Å²) in [6, 6.07) is 5.47. The lowest BCUT2D eigenvalue weighted by atomic mass is 10.2. The lowest BCUT2D eigenvalue weighted by molar-refractivity contribution is -0.0498. The van der Waals surface area contributed by atoms with Gasteiger partial charge in [0.05, 0.1) is 12.4 Å². The third-order valence-electron chi connectivity index (χ3n) is 2.18. The van der Waals surface area contributed by atoms with E-state index in [1.54, 1.807) is 0 Å². The Morgan fingerprint density at radius 2 is 2.10 bits per heavy atom. The summed E-state index contributed by atoms with van der Waals surface area (Å²) in [6.45, 7) is -2.94. The van der Waals surface area contributed by atoms with E-state index in [0.29, 0.717) is 4.60 Å². The SMILES string of the molecule is O=C(Nc1cnc(Br)cn1)c1cccc(OC(F)F)c1. The van der Waals surface area contributed by atoms with E-state index in [4.69, 9.17) is 0 Å². The van der Waals surface area contributed by atoms with Crippen LogP contribution in [0.25, 0.3) is 0 Å². The second-order valence-corrected chi connectivity index (χ2v) is 4.40. The fourth-order valence-corrected chi connectivity index (χ4v) is 1.58. The van der Waals surface area contributed by atoms with Gasteiger partial charge in [-0.1, -0.05) is 6.07 Å². The molecule has 0 aliphatic rings. The van der Waals surface area contributed by atoms with Crippen LogP contribution in [0, 0.1) is 0 Å². The molecular weight excluding hydrogens is 336 g/mol. The molecule has 8 heteroatoms. The Balaban J connectivity index is 2.10. The van der Waals surface area contributed by atoms with E-state index in [9.17, 15) is 13.6 Å². The van der Waals surface area contributed by atoms with Crippen LogP contribution in [0.3, 0.4) is 0 Å². The zero-order valence-corrected chi connectivity index (χ0v) is 11.5. The molecule has 1 aromatic heterocycles. The Hall–Kier alpha value is -2.09. The molecule has 1 N–H and O–H groups in total. The van der Waals surface area contributed by atoms with Gasteiger partial charge in [-0.15, -0.1) is 0 Å². The van der Waals surface area contributed by atoms with Gasteiger partial charge in [0, 0.05) is 5.56 Å². The molecule has 0 fully saturated rings. The topological polar surface area (TPSA) is 64.1 Å². The second-order valence-electron chi connectivity index (χ2n) is 3.58. The summed E-state index contributed by atoms with van der Waals surface area (Å²) in [7, 11) is 0. The van der Waals surface area contributed by atoms with Gasteiger partial charge in [0.2, 0.25) is 0 Å². The predicted octanol–water partition coefficient (Wildman–Crippen LogP) is 3.09. The molecular formula is C12H8BrF2N3O2. The van der Waals surface area contributed by atoms with Gasteiger partial charge in [-0.05, 0) is 34.1 Å². The first-order valence-electron chi connectivity index (χ1n) is 5.38. The summed E-state index contributed by atoms with van der Waals surface area (Å²) in [5, 5.41) is 2.49. The van der Waals surface area contributed by atoms with Crippen LogP contribution in [0.15, 0.2) is 41.3 Å². The number of carbonyl (C=O) groups excluding carboxylic acids is 1. The summed E-state index contributed by atoms with van der Waals surface area (Å²) >= 11 is 3.12. The number of hydrogen-bond donors (Lipinski definition) is 1. The maximum Gasteiger partial charge on any atom is 0.387 e. The molecule has 0 saturated heterocycles. The Morgan fingerprint density at radius 3 is 2.75 bits per heavy atom. The number of amides is 1. The molecule has 20 heavy (non-hydrogen) atoms. The molecule has 2 rings (SSSR count). The Bertz CT molecular complexity index is 608. The van der Waals surface area contributed by atoms with Gasteiger partial charge < -0.3 is 10.1 Å². The molecule has 0 aliphatic heterocycles. The molecule has 2 aromatic rings. The Morgan fingerprint density at radius 1 is 1.30 bits per heavy atom. The maximum atomic E-state index is 12.1. The second kappa shape index (κ2) is 6.38. The van der Waals surface area contributed by atoms with Crippen molar-refractivity contribution in [2.24, 2.45) is 0 Å². The molecule has 0 unspecified atom stereocenters. The molecule has 0 radical (unpaired) electrons. The van der Waals surface area contributed by atoms with Crippen LogP contribution in [-0.2, 0) is 0 Å². The number of aromatic nitrogens is 2. The Labute approximate surface area is 121 Å². The fraction of sp³-hybridized carbons (Fsp3) is 0.0833. The molecule has 5 nitrogen and oxygen atoms in total.